The number of rotatable bonds is 14. The van der Waals surface area contributed by atoms with Crippen molar-refractivity contribution in [2.75, 3.05) is 11.5 Å². The minimum absolute atomic E-state index is 0. The van der Waals surface area contributed by atoms with Gasteiger partial charge in [0.15, 0.2) is 5.84 Å². The molecule has 5 nitrogen and oxygen atoms in total. The van der Waals surface area contributed by atoms with Crippen molar-refractivity contribution in [1.82, 2.24) is 0 Å². The molecule has 1 amide bonds. The van der Waals surface area contributed by atoms with Crippen LogP contribution in [0.3, 0.4) is 0 Å². The number of hydrogen-bond donors (Lipinski definition) is 0. The molecule has 1 aromatic rings. The Morgan fingerprint density at radius 1 is 1.00 bits per heavy atom. The molecule has 8 heteroatoms. The summed E-state index contributed by atoms with van der Waals surface area (Å²) in [5.74, 6) is -0.975. The molecule has 2 rings (SSSR count). The molecule has 0 radical (unpaired) electrons. The van der Waals surface area contributed by atoms with Gasteiger partial charge in [-0.2, -0.15) is 0 Å². The number of amidine groups is 1. The maximum Gasteiger partial charge on any atom is 1.00 e. The molecular weight excluding hydrogens is 397 g/mol. The van der Waals surface area contributed by atoms with Crippen molar-refractivity contribution in [2.24, 2.45) is 4.99 Å². The molecule has 1 aliphatic rings. The molecule has 31 heavy (non-hydrogen) atoms. The normalized spacial score (nSPS) is 14.8. The number of anilines is 1. The van der Waals surface area contributed by atoms with E-state index in [1.165, 1.54) is 63.5 Å². The monoisotopic (exact) mass is 428 g/mol. The van der Waals surface area contributed by atoms with Crippen molar-refractivity contribution in [1.29, 1.82) is 0 Å². The molecular formula is C23H31F2LiN2O3. The van der Waals surface area contributed by atoms with Crippen LogP contribution in [0.15, 0.2) is 41.2 Å². The number of carbonyl (C=O) groups is 1. The number of ether oxygens (including phenoxy) is 1. The Hall–Kier alpha value is -1.84. The fraction of sp³-hybridized carbons (Fsp3) is 0.565. The van der Waals surface area contributed by atoms with Gasteiger partial charge in [-0.25, -0.2) is 13.8 Å². The number of benzene rings is 1. The Morgan fingerprint density at radius 2 is 1.55 bits per heavy atom. The van der Waals surface area contributed by atoms with Crippen LogP contribution >= 0.6 is 0 Å². The average Bonchev–Trinajstić information content (AvgIpc) is 3.09. The van der Waals surface area contributed by atoms with E-state index in [1.807, 2.05) is 0 Å². The number of hydrogen-bond acceptors (Lipinski definition) is 4. The summed E-state index contributed by atoms with van der Waals surface area (Å²) in [4.78, 5) is 16.3. The molecule has 0 spiro atoms. The van der Waals surface area contributed by atoms with Crippen molar-refractivity contribution >= 4 is 17.4 Å². The standard InChI is InChI=1S/C23H32F2N2O3.Li/c1-2-3-4-5-6-7-8-9-10-11-16-30-19-14-12-18(13-15-19)27-22(21(24)25)26-20(17-28)23(27)29;/h12-15,17,21,28H,2-11,16H2,1H3;/q;+1/p-1/b20-17+;. The van der Waals surface area contributed by atoms with Crippen LogP contribution in [0.2, 0.25) is 0 Å². The van der Waals surface area contributed by atoms with Gasteiger partial charge < -0.3 is 9.84 Å². The molecule has 1 heterocycles. The summed E-state index contributed by atoms with van der Waals surface area (Å²) in [5, 5.41) is 10.8. The van der Waals surface area contributed by atoms with Gasteiger partial charge in [-0.3, -0.25) is 9.69 Å². The largest absolute Gasteiger partial charge is 1.00 e. The van der Waals surface area contributed by atoms with Gasteiger partial charge in [-0.15, -0.1) is 6.26 Å². The van der Waals surface area contributed by atoms with E-state index in [4.69, 9.17) is 4.74 Å². The SMILES string of the molecule is CCCCCCCCCCCCOc1ccc(N2C(=O)/C(=C\[O-])N=C2C(F)F)cc1.[Li+]. The van der Waals surface area contributed by atoms with Gasteiger partial charge in [0, 0.05) is 0 Å². The van der Waals surface area contributed by atoms with Crippen LogP contribution in [0.5, 0.6) is 5.75 Å². The minimum Gasteiger partial charge on any atom is -0.876 e. The smallest absolute Gasteiger partial charge is 0.876 e. The first-order chi connectivity index (χ1) is 14.6. The molecule has 0 bridgehead atoms. The third kappa shape index (κ3) is 8.66. The predicted molar refractivity (Wildman–Crippen MR) is 113 cm³/mol. The second kappa shape index (κ2) is 15.0. The fourth-order valence-electron chi connectivity index (χ4n) is 3.38. The second-order valence-corrected chi connectivity index (χ2v) is 7.44. The molecule has 166 valence electrons. The number of carbonyl (C=O) groups excluding carboxylic acids is 1. The van der Waals surface area contributed by atoms with Crippen molar-refractivity contribution in [3.63, 3.8) is 0 Å². The van der Waals surface area contributed by atoms with Gasteiger partial charge in [0.05, 0.1) is 12.3 Å². The molecule has 0 N–H and O–H groups in total. The summed E-state index contributed by atoms with van der Waals surface area (Å²) >= 11 is 0. The summed E-state index contributed by atoms with van der Waals surface area (Å²) in [5.41, 5.74) is -0.297. The first-order valence-corrected chi connectivity index (χ1v) is 10.8. The Labute approximate surface area is 195 Å². The van der Waals surface area contributed by atoms with Gasteiger partial charge in [0.2, 0.25) is 0 Å². The first-order valence-electron chi connectivity index (χ1n) is 10.8. The van der Waals surface area contributed by atoms with Crippen molar-refractivity contribution < 1.29 is 42.3 Å². The minimum atomic E-state index is -2.96. The van der Waals surface area contributed by atoms with Crippen LogP contribution in [-0.2, 0) is 4.79 Å². The topological polar surface area (TPSA) is 65.0 Å². The number of amides is 1. The summed E-state index contributed by atoms with van der Waals surface area (Å²) < 4.78 is 32.0. The summed E-state index contributed by atoms with van der Waals surface area (Å²) in [6.45, 7) is 2.82. The van der Waals surface area contributed by atoms with Gasteiger partial charge in [-0.1, -0.05) is 64.7 Å². The van der Waals surface area contributed by atoms with E-state index in [1.54, 1.807) is 12.1 Å². The number of aliphatic imine (C=N–C) groups is 1. The average molecular weight is 428 g/mol. The van der Waals surface area contributed by atoms with Crippen LogP contribution < -0.4 is 33.6 Å². The van der Waals surface area contributed by atoms with E-state index in [2.05, 4.69) is 11.9 Å². The summed E-state index contributed by atoms with van der Waals surface area (Å²) in [7, 11) is 0. The van der Waals surface area contributed by atoms with E-state index in [0.29, 0.717) is 12.4 Å². The van der Waals surface area contributed by atoms with E-state index in [9.17, 15) is 18.7 Å². The molecule has 0 aromatic heterocycles. The molecule has 0 aliphatic carbocycles. The van der Waals surface area contributed by atoms with Crippen molar-refractivity contribution in [3.8, 4) is 5.75 Å². The van der Waals surface area contributed by atoms with Crippen LogP contribution in [0, 0.1) is 0 Å². The Kier molecular flexibility index (Phi) is 13.2. The van der Waals surface area contributed by atoms with E-state index in [-0.39, 0.29) is 30.8 Å². The van der Waals surface area contributed by atoms with E-state index in [0.717, 1.165) is 17.7 Å². The van der Waals surface area contributed by atoms with Gasteiger partial charge in [0.1, 0.15) is 11.4 Å². The summed E-state index contributed by atoms with van der Waals surface area (Å²) in [6, 6.07) is 6.27. The number of nitrogens with zero attached hydrogens (tertiary/aromatic N) is 2. The van der Waals surface area contributed by atoms with Crippen LogP contribution in [0.1, 0.15) is 71.1 Å². The quantitative estimate of drug-likeness (QED) is 0.198. The zero-order valence-corrected chi connectivity index (χ0v) is 18.6. The number of alkyl halides is 2. The van der Waals surface area contributed by atoms with Crippen LogP contribution in [0.25, 0.3) is 0 Å². The second-order valence-electron chi connectivity index (χ2n) is 7.44. The maximum atomic E-state index is 13.1. The Morgan fingerprint density at radius 3 is 2.06 bits per heavy atom. The number of halogens is 2. The molecule has 0 saturated carbocycles. The van der Waals surface area contributed by atoms with Crippen molar-refractivity contribution in [3.05, 3.63) is 36.2 Å². The Balaban J connectivity index is 0.00000480. The Bertz CT molecular complexity index is 724. The molecule has 1 aromatic carbocycles. The summed E-state index contributed by atoms with van der Waals surface area (Å²) in [6.07, 6.45) is 9.72. The van der Waals surface area contributed by atoms with E-state index >= 15 is 0 Å². The maximum absolute atomic E-state index is 13.1. The third-order valence-electron chi connectivity index (χ3n) is 5.05. The van der Waals surface area contributed by atoms with Crippen LogP contribution in [-0.4, -0.2) is 24.8 Å². The first kappa shape index (κ1) is 27.2. The zero-order valence-electron chi connectivity index (χ0n) is 18.6. The van der Waals surface area contributed by atoms with Gasteiger partial charge >= 0.3 is 18.9 Å². The zero-order chi connectivity index (χ0) is 21.8. The molecule has 0 unspecified atom stereocenters. The van der Waals surface area contributed by atoms with Gasteiger partial charge in [-0.05, 0) is 30.7 Å². The molecule has 0 fully saturated rings. The fourth-order valence-corrected chi connectivity index (χ4v) is 3.38. The molecule has 0 saturated heterocycles. The predicted octanol–water partition coefficient (Wildman–Crippen LogP) is 2.20. The molecule has 0 atom stereocenters. The van der Waals surface area contributed by atoms with Crippen LogP contribution in [0.4, 0.5) is 14.5 Å². The number of unbranched alkanes of at least 4 members (excludes halogenated alkanes) is 9. The van der Waals surface area contributed by atoms with E-state index < -0.39 is 23.9 Å². The molecule has 1 aliphatic heterocycles. The van der Waals surface area contributed by atoms with Crippen molar-refractivity contribution in [2.45, 2.75) is 77.6 Å². The van der Waals surface area contributed by atoms with Gasteiger partial charge in [0.25, 0.3) is 12.3 Å². The third-order valence-corrected chi connectivity index (χ3v) is 5.05.